The van der Waals surface area contributed by atoms with Crippen LogP contribution in [0.5, 0.6) is 0 Å². The second-order valence-corrected chi connectivity index (χ2v) is 2.50. The number of aldehydes is 1. The molecule has 0 aliphatic carbocycles. The van der Waals surface area contributed by atoms with Crippen LogP contribution in [0.2, 0.25) is 0 Å². The third kappa shape index (κ3) is 2.22. The van der Waals surface area contributed by atoms with Crippen LogP contribution in [0.3, 0.4) is 0 Å². The van der Waals surface area contributed by atoms with Gasteiger partial charge in [-0.25, -0.2) is 4.79 Å². The highest BCUT2D eigenvalue weighted by molar-refractivity contribution is 5.48. The molecule has 0 amide bonds. The van der Waals surface area contributed by atoms with Gasteiger partial charge >= 0.3 is 11.4 Å². The maximum atomic E-state index is 11.0. The summed E-state index contributed by atoms with van der Waals surface area (Å²) in [7, 11) is 0. The van der Waals surface area contributed by atoms with Crippen molar-refractivity contribution in [1.29, 1.82) is 0 Å². The largest absolute Gasteiger partial charge is 0.347 e. The average Bonchev–Trinajstić information content (AvgIpc) is 2.16. The van der Waals surface area contributed by atoms with Gasteiger partial charge in [0.15, 0.2) is 0 Å². The SMILES string of the molecule is O=CCCn1cc([N+](=O)[O-])cnc1=O. The summed E-state index contributed by atoms with van der Waals surface area (Å²) in [4.78, 5) is 34.0. The molecule has 0 bridgehead atoms. The van der Waals surface area contributed by atoms with Crippen LogP contribution in [0.1, 0.15) is 6.42 Å². The van der Waals surface area contributed by atoms with Gasteiger partial charge in [-0.3, -0.25) is 14.7 Å². The summed E-state index contributed by atoms with van der Waals surface area (Å²) in [5, 5.41) is 10.3. The van der Waals surface area contributed by atoms with E-state index >= 15 is 0 Å². The van der Waals surface area contributed by atoms with Crippen molar-refractivity contribution in [2.24, 2.45) is 0 Å². The quantitative estimate of drug-likeness (QED) is 0.376. The van der Waals surface area contributed by atoms with Gasteiger partial charge in [0, 0.05) is 13.0 Å². The molecule has 0 N–H and O–H groups in total. The molecule has 7 nitrogen and oxygen atoms in total. The molecule has 14 heavy (non-hydrogen) atoms. The molecule has 0 atom stereocenters. The lowest BCUT2D eigenvalue weighted by atomic mass is 10.4. The van der Waals surface area contributed by atoms with Crippen LogP contribution in [-0.4, -0.2) is 20.8 Å². The summed E-state index contributed by atoms with van der Waals surface area (Å²) in [5.74, 6) is 0. The number of rotatable bonds is 4. The number of nitro groups is 1. The third-order valence-corrected chi connectivity index (χ3v) is 1.54. The Morgan fingerprint density at radius 1 is 1.64 bits per heavy atom. The van der Waals surface area contributed by atoms with Gasteiger partial charge in [-0.2, -0.15) is 4.98 Å². The number of nitrogens with zero attached hydrogens (tertiary/aromatic N) is 3. The van der Waals surface area contributed by atoms with E-state index in [-0.39, 0.29) is 18.7 Å². The van der Waals surface area contributed by atoms with E-state index in [1.165, 1.54) is 0 Å². The highest BCUT2D eigenvalue weighted by atomic mass is 16.6. The molecule has 0 saturated heterocycles. The molecule has 7 heteroatoms. The maximum Gasteiger partial charge on any atom is 0.347 e. The molecule has 0 radical (unpaired) electrons. The van der Waals surface area contributed by atoms with Crippen LogP contribution in [0, 0.1) is 10.1 Å². The zero-order valence-corrected chi connectivity index (χ0v) is 7.12. The molecule has 0 fully saturated rings. The van der Waals surface area contributed by atoms with E-state index in [2.05, 4.69) is 4.98 Å². The Morgan fingerprint density at radius 3 is 2.93 bits per heavy atom. The molecule has 74 valence electrons. The van der Waals surface area contributed by atoms with Crippen molar-refractivity contribution in [2.75, 3.05) is 0 Å². The van der Waals surface area contributed by atoms with E-state index in [0.717, 1.165) is 17.0 Å². The fraction of sp³-hybridized carbons (Fsp3) is 0.286. The predicted octanol–water partition coefficient (Wildman–Crippen LogP) is -0.260. The van der Waals surface area contributed by atoms with E-state index in [0.29, 0.717) is 6.29 Å². The predicted molar refractivity (Wildman–Crippen MR) is 45.8 cm³/mol. The van der Waals surface area contributed by atoms with Crippen LogP contribution in [-0.2, 0) is 11.3 Å². The fourth-order valence-electron chi connectivity index (χ4n) is 0.890. The molecule has 1 heterocycles. The Kier molecular flexibility index (Phi) is 3.05. The fourth-order valence-corrected chi connectivity index (χ4v) is 0.890. The highest BCUT2D eigenvalue weighted by Crippen LogP contribution is 2.04. The van der Waals surface area contributed by atoms with Gasteiger partial charge in [-0.15, -0.1) is 0 Å². The lowest BCUT2D eigenvalue weighted by Crippen LogP contribution is -2.22. The van der Waals surface area contributed by atoms with Crippen molar-refractivity contribution in [3.8, 4) is 0 Å². The average molecular weight is 197 g/mol. The van der Waals surface area contributed by atoms with Gasteiger partial charge in [-0.05, 0) is 0 Å². The molecule has 0 spiro atoms. The number of carbonyl (C=O) groups excluding carboxylic acids is 1. The summed E-state index contributed by atoms with van der Waals surface area (Å²) in [5.41, 5.74) is -0.868. The first-order valence-electron chi connectivity index (χ1n) is 3.79. The second kappa shape index (κ2) is 4.26. The minimum Gasteiger partial charge on any atom is -0.303 e. The molecule has 1 aromatic rings. The number of aryl methyl sites for hydroxylation is 1. The molecule has 0 aliphatic heterocycles. The number of aromatic nitrogens is 2. The summed E-state index contributed by atoms with van der Waals surface area (Å²) in [6.07, 6.45) is 2.71. The second-order valence-electron chi connectivity index (χ2n) is 2.50. The van der Waals surface area contributed by atoms with Gasteiger partial charge in [0.25, 0.3) is 0 Å². The Bertz CT molecular complexity index is 412. The monoisotopic (exact) mass is 197 g/mol. The molecule has 0 unspecified atom stereocenters. The van der Waals surface area contributed by atoms with Crippen molar-refractivity contribution in [3.63, 3.8) is 0 Å². The molecular formula is C7H7N3O4. The van der Waals surface area contributed by atoms with Crippen LogP contribution in [0.15, 0.2) is 17.2 Å². The van der Waals surface area contributed by atoms with E-state index < -0.39 is 10.6 Å². The summed E-state index contributed by atoms with van der Waals surface area (Å²) in [6.45, 7) is 0.108. The van der Waals surface area contributed by atoms with Crippen LogP contribution in [0.4, 0.5) is 5.69 Å². The molecular weight excluding hydrogens is 190 g/mol. The molecule has 1 aromatic heterocycles. The first-order valence-corrected chi connectivity index (χ1v) is 3.79. The van der Waals surface area contributed by atoms with Crippen LogP contribution in [0.25, 0.3) is 0 Å². The lowest BCUT2D eigenvalue weighted by molar-refractivity contribution is -0.385. The molecule has 0 aliphatic rings. The third-order valence-electron chi connectivity index (χ3n) is 1.54. The highest BCUT2D eigenvalue weighted by Gasteiger charge is 2.08. The summed E-state index contributed by atoms with van der Waals surface area (Å²) < 4.78 is 1.03. The van der Waals surface area contributed by atoms with Crippen molar-refractivity contribution in [2.45, 2.75) is 13.0 Å². The minimum atomic E-state index is -0.649. The van der Waals surface area contributed by atoms with Crippen LogP contribution < -0.4 is 5.69 Å². The summed E-state index contributed by atoms with van der Waals surface area (Å²) >= 11 is 0. The van der Waals surface area contributed by atoms with E-state index in [1.54, 1.807) is 0 Å². The van der Waals surface area contributed by atoms with E-state index in [1.807, 2.05) is 0 Å². The number of carbonyl (C=O) groups is 1. The lowest BCUT2D eigenvalue weighted by Gasteiger charge is -1.99. The smallest absolute Gasteiger partial charge is 0.303 e. The van der Waals surface area contributed by atoms with Gasteiger partial charge in [0.2, 0.25) is 0 Å². The number of hydrogen-bond acceptors (Lipinski definition) is 5. The normalized spacial score (nSPS) is 9.71. The molecule has 0 aromatic carbocycles. The molecule has 0 saturated carbocycles. The number of hydrogen-bond donors (Lipinski definition) is 0. The Labute approximate surface area is 78.2 Å². The van der Waals surface area contributed by atoms with Crippen molar-refractivity contribution in [3.05, 3.63) is 33.0 Å². The first-order chi connectivity index (χ1) is 6.65. The Morgan fingerprint density at radius 2 is 2.36 bits per heavy atom. The minimum absolute atomic E-state index is 0.108. The zero-order chi connectivity index (χ0) is 10.6. The van der Waals surface area contributed by atoms with E-state index in [9.17, 15) is 19.7 Å². The van der Waals surface area contributed by atoms with Crippen LogP contribution >= 0.6 is 0 Å². The standard InChI is InChI=1S/C7H7N3O4/c11-3-1-2-9-5-6(10(13)14)4-8-7(9)12/h3-5H,1-2H2. The molecule has 1 rings (SSSR count). The van der Waals surface area contributed by atoms with Crippen molar-refractivity contribution in [1.82, 2.24) is 9.55 Å². The van der Waals surface area contributed by atoms with E-state index in [4.69, 9.17) is 0 Å². The van der Waals surface area contributed by atoms with Gasteiger partial charge in [-0.1, -0.05) is 0 Å². The summed E-state index contributed by atoms with van der Waals surface area (Å²) in [6, 6.07) is 0. The Hall–Kier alpha value is -2.05. The van der Waals surface area contributed by atoms with Gasteiger partial charge < -0.3 is 4.79 Å². The first kappa shape index (κ1) is 10.0. The van der Waals surface area contributed by atoms with Crippen molar-refractivity contribution >= 4 is 12.0 Å². The topological polar surface area (TPSA) is 95.1 Å². The van der Waals surface area contributed by atoms with Crippen molar-refractivity contribution < 1.29 is 9.72 Å². The van der Waals surface area contributed by atoms with Gasteiger partial charge in [0.05, 0.1) is 11.1 Å². The van der Waals surface area contributed by atoms with Gasteiger partial charge in [0.1, 0.15) is 12.5 Å². The Balaban J connectivity index is 3.02. The maximum absolute atomic E-state index is 11.0. The zero-order valence-electron chi connectivity index (χ0n) is 7.12.